The fraction of sp³-hybridized carbons (Fsp3) is 0.524. The highest BCUT2D eigenvalue weighted by atomic mass is 16.5. The van der Waals surface area contributed by atoms with Crippen molar-refractivity contribution >= 4 is 5.91 Å². The van der Waals surface area contributed by atoms with Crippen LogP contribution < -0.4 is 0 Å². The molecule has 1 aliphatic heterocycles. The molecule has 3 aromatic heterocycles. The van der Waals surface area contributed by atoms with E-state index in [-0.39, 0.29) is 18.5 Å². The van der Waals surface area contributed by atoms with Crippen LogP contribution >= 0.6 is 0 Å². The van der Waals surface area contributed by atoms with Crippen molar-refractivity contribution in [2.45, 2.75) is 59.5 Å². The first-order valence-electron chi connectivity index (χ1n) is 10.1. The van der Waals surface area contributed by atoms with Gasteiger partial charge in [-0.15, -0.1) is 0 Å². The van der Waals surface area contributed by atoms with Crippen LogP contribution in [0.1, 0.15) is 53.6 Å². The van der Waals surface area contributed by atoms with Gasteiger partial charge < -0.3 is 9.42 Å². The van der Waals surface area contributed by atoms with Crippen molar-refractivity contribution < 1.29 is 9.32 Å². The molecule has 1 aliphatic rings. The van der Waals surface area contributed by atoms with E-state index in [0.717, 1.165) is 59.7 Å². The molecule has 29 heavy (non-hydrogen) atoms. The fourth-order valence-electron chi connectivity index (χ4n) is 4.11. The van der Waals surface area contributed by atoms with E-state index in [2.05, 4.69) is 10.3 Å². The smallest absolute Gasteiger partial charge is 0.244 e. The van der Waals surface area contributed by atoms with E-state index < -0.39 is 0 Å². The van der Waals surface area contributed by atoms with E-state index >= 15 is 0 Å². The van der Waals surface area contributed by atoms with Crippen molar-refractivity contribution in [1.29, 1.82) is 0 Å². The Hall–Kier alpha value is -2.90. The number of likely N-dealkylation sites (tertiary alicyclic amines) is 1. The molecule has 0 aliphatic carbocycles. The first-order valence-corrected chi connectivity index (χ1v) is 10.1. The number of nitrogens with zero attached hydrogens (tertiary/aromatic N) is 6. The fourth-order valence-corrected chi connectivity index (χ4v) is 4.11. The van der Waals surface area contributed by atoms with Gasteiger partial charge in [-0.3, -0.25) is 14.2 Å². The molecule has 4 heterocycles. The zero-order valence-electron chi connectivity index (χ0n) is 17.8. The first kappa shape index (κ1) is 19.4. The molecule has 8 nitrogen and oxygen atoms in total. The molecule has 3 aromatic rings. The summed E-state index contributed by atoms with van der Waals surface area (Å²) in [6, 6.07) is 1.84. The van der Waals surface area contributed by atoms with Gasteiger partial charge in [0.2, 0.25) is 5.91 Å². The lowest BCUT2D eigenvalue weighted by atomic mass is 9.96. The van der Waals surface area contributed by atoms with Gasteiger partial charge in [-0.2, -0.15) is 10.2 Å². The van der Waals surface area contributed by atoms with E-state index in [9.17, 15) is 4.79 Å². The minimum atomic E-state index is -0.0732. The average Bonchev–Trinajstić information content (AvgIpc) is 3.36. The maximum Gasteiger partial charge on any atom is 0.244 e. The number of rotatable bonds is 4. The summed E-state index contributed by atoms with van der Waals surface area (Å²) in [4.78, 5) is 15.2. The average molecular weight is 396 g/mol. The molecule has 0 saturated carbocycles. The monoisotopic (exact) mass is 396 g/mol. The summed E-state index contributed by atoms with van der Waals surface area (Å²) >= 11 is 0. The molecule has 0 aromatic carbocycles. The van der Waals surface area contributed by atoms with E-state index in [1.165, 1.54) is 0 Å². The lowest BCUT2D eigenvalue weighted by Gasteiger charge is -2.35. The molecule has 1 atom stereocenters. The minimum absolute atomic E-state index is 0.0732. The highest BCUT2D eigenvalue weighted by Gasteiger charge is 2.33. The van der Waals surface area contributed by atoms with Crippen molar-refractivity contribution in [3.63, 3.8) is 0 Å². The van der Waals surface area contributed by atoms with Crippen LogP contribution in [0.4, 0.5) is 0 Å². The Morgan fingerprint density at radius 2 is 2.00 bits per heavy atom. The van der Waals surface area contributed by atoms with Gasteiger partial charge in [0.1, 0.15) is 6.54 Å². The highest BCUT2D eigenvalue weighted by Crippen LogP contribution is 2.36. The number of carbonyl (C=O) groups excluding carboxylic acids is 1. The lowest BCUT2D eigenvalue weighted by molar-refractivity contribution is -0.136. The topological polar surface area (TPSA) is 82.0 Å². The third kappa shape index (κ3) is 3.59. The summed E-state index contributed by atoms with van der Waals surface area (Å²) in [6.07, 6.45) is 4.90. The third-order valence-corrected chi connectivity index (χ3v) is 5.92. The van der Waals surface area contributed by atoms with Crippen LogP contribution in [0.5, 0.6) is 0 Å². The lowest BCUT2D eigenvalue weighted by Crippen LogP contribution is -2.41. The Kier molecular flexibility index (Phi) is 5.02. The molecule has 1 saturated heterocycles. The Labute approximate surface area is 170 Å². The number of aryl methyl sites for hydroxylation is 3. The zero-order chi connectivity index (χ0) is 20.7. The van der Waals surface area contributed by atoms with Crippen LogP contribution in [0, 0.1) is 27.7 Å². The Morgan fingerprint density at radius 3 is 2.66 bits per heavy atom. The Balaban J connectivity index is 1.65. The molecule has 0 bridgehead atoms. The van der Waals surface area contributed by atoms with Gasteiger partial charge >= 0.3 is 0 Å². The molecule has 154 valence electrons. The van der Waals surface area contributed by atoms with E-state index in [4.69, 9.17) is 9.62 Å². The molecular weight excluding hydrogens is 368 g/mol. The number of amides is 1. The summed E-state index contributed by atoms with van der Waals surface area (Å²) in [6.45, 7) is 8.91. The molecular formula is C21H28N6O2. The second kappa shape index (κ2) is 7.50. The Morgan fingerprint density at radius 1 is 1.21 bits per heavy atom. The second-order valence-corrected chi connectivity index (χ2v) is 7.99. The van der Waals surface area contributed by atoms with Crippen LogP contribution in [0.3, 0.4) is 0 Å². The first-order chi connectivity index (χ1) is 13.8. The van der Waals surface area contributed by atoms with Gasteiger partial charge in [0.25, 0.3) is 0 Å². The van der Waals surface area contributed by atoms with E-state index in [1.54, 1.807) is 4.68 Å². The number of aromatic nitrogens is 5. The van der Waals surface area contributed by atoms with Crippen molar-refractivity contribution in [2.24, 2.45) is 7.05 Å². The van der Waals surface area contributed by atoms with Gasteiger partial charge in [0.15, 0.2) is 5.76 Å². The molecule has 1 amide bonds. The van der Waals surface area contributed by atoms with E-state index in [1.807, 2.05) is 56.6 Å². The molecule has 0 spiro atoms. The summed E-state index contributed by atoms with van der Waals surface area (Å²) in [5, 5.41) is 13.3. The van der Waals surface area contributed by atoms with Gasteiger partial charge in [0.05, 0.1) is 28.7 Å². The van der Waals surface area contributed by atoms with Crippen molar-refractivity contribution in [2.75, 3.05) is 6.54 Å². The minimum Gasteiger partial charge on any atom is -0.356 e. The number of hydrogen-bond donors (Lipinski definition) is 0. The largest absolute Gasteiger partial charge is 0.356 e. The van der Waals surface area contributed by atoms with Gasteiger partial charge in [-0.1, -0.05) is 5.16 Å². The summed E-state index contributed by atoms with van der Waals surface area (Å²) in [5.41, 5.74) is 5.76. The molecule has 4 rings (SSSR count). The maximum atomic E-state index is 13.3. The molecule has 1 unspecified atom stereocenters. The maximum absolute atomic E-state index is 13.3. The standard InChI is InChI=1S/C21H28N6O2/c1-13-10-19(29-24-13)17-11-25(5)23-21(17)18-8-6-7-9-26(18)20(28)12-27-16(4)14(2)15(3)22-27/h10-11,18H,6-9,12H2,1-5H3. The van der Waals surface area contributed by atoms with Crippen molar-refractivity contribution in [3.8, 4) is 11.3 Å². The summed E-state index contributed by atoms with van der Waals surface area (Å²) in [7, 11) is 1.89. The molecule has 0 radical (unpaired) electrons. The van der Waals surface area contributed by atoms with Crippen LogP contribution in [-0.2, 0) is 18.4 Å². The number of carbonyl (C=O) groups is 1. The molecule has 1 fully saturated rings. The normalized spacial score (nSPS) is 17.1. The predicted octanol–water partition coefficient (Wildman–Crippen LogP) is 3.26. The Bertz CT molecular complexity index is 1040. The summed E-state index contributed by atoms with van der Waals surface area (Å²) in [5.74, 6) is 0.767. The van der Waals surface area contributed by atoms with Crippen molar-refractivity contribution in [3.05, 3.63) is 40.6 Å². The van der Waals surface area contributed by atoms with Gasteiger partial charge in [-0.05, 0) is 52.5 Å². The van der Waals surface area contributed by atoms with Crippen molar-refractivity contribution in [1.82, 2.24) is 29.6 Å². The van der Waals surface area contributed by atoms with Gasteiger partial charge in [-0.25, -0.2) is 0 Å². The van der Waals surface area contributed by atoms with Crippen LogP contribution in [0.25, 0.3) is 11.3 Å². The molecule has 0 N–H and O–H groups in total. The summed E-state index contributed by atoms with van der Waals surface area (Å²) < 4.78 is 9.10. The zero-order valence-corrected chi connectivity index (χ0v) is 17.8. The van der Waals surface area contributed by atoms with E-state index in [0.29, 0.717) is 5.76 Å². The highest BCUT2D eigenvalue weighted by molar-refractivity contribution is 5.77. The second-order valence-electron chi connectivity index (χ2n) is 7.99. The SMILES string of the molecule is Cc1cc(-c2cn(C)nc2C2CCCCN2C(=O)Cn2nc(C)c(C)c2C)on1. The predicted molar refractivity (Wildman–Crippen MR) is 108 cm³/mol. The van der Waals surface area contributed by atoms with Crippen LogP contribution in [-0.4, -0.2) is 42.1 Å². The van der Waals surface area contributed by atoms with Crippen LogP contribution in [0.2, 0.25) is 0 Å². The third-order valence-electron chi connectivity index (χ3n) is 5.92. The van der Waals surface area contributed by atoms with Gasteiger partial charge in [0, 0.05) is 31.5 Å². The van der Waals surface area contributed by atoms with Crippen LogP contribution in [0.15, 0.2) is 16.8 Å². The number of hydrogen-bond acceptors (Lipinski definition) is 5. The number of piperidine rings is 1. The molecule has 8 heteroatoms. The quantitative estimate of drug-likeness (QED) is 0.676.